The number of hydrogen-bond acceptors (Lipinski definition) is 3. The molecule has 0 saturated carbocycles. The number of nitrogens with zero attached hydrogens (tertiary/aromatic N) is 2. The van der Waals surface area contributed by atoms with Crippen LogP contribution in [-0.2, 0) is 0 Å². The molecule has 98 valence electrons. The first-order valence-corrected chi connectivity index (χ1v) is 8.25. The molecule has 0 saturated heterocycles. The van der Waals surface area contributed by atoms with Crippen LogP contribution >= 0.6 is 39.3 Å². The molecule has 0 bridgehead atoms. The predicted molar refractivity (Wildman–Crippen MR) is 85.1 cm³/mol. The van der Waals surface area contributed by atoms with Crippen molar-refractivity contribution in [3.63, 3.8) is 0 Å². The van der Waals surface area contributed by atoms with E-state index in [9.17, 15) is 0 Å². The van der Waals surface area contributed by atoms with E-state index in [-0.39, 0.29) is 6.04 Å². The van der Waals surface area contributed by atoms with Gasteiger partial charge in [-0.25, -0.2) is 0 Å². The SMILES string of the molecule is CC(c1ccccc1Cl)N(C)C1=NCC(CBr)S1. The Kier molecular flexibility index (Phi) is 4.98. The fraction of sp³-hybridized carbons (Fsp3) is 0.462. The lowest BCUT2D eigenvalue weighted by molar-refractivity contribution is 0.410. The van der Waals surface area contributed by atoms with Crippen LogP contribution in [0.5, 0.6) is 0 Å². The molecule has 0 fully saturated rings. The molecule has 0 spiro atoms. The van der Waals surface area contributed by atoms with E-state index in [1.165, 1.54) is 0 Å². The number of amidine groups is 1. The molecule has 2 nitrogen and oxygen atoms in total. The Labute approximate surface area is 126 Å². The quantitative estimate of drug-likeness (QED) is 0.762. The summed E-state index contributed by atoms with van der Waals surface area (Å²) in [5.74, 6) is 0. The lowest BCUT2D eigenvalue weighted by atomic mass is 10.1. The van der Waals surface area contributed by atoms with E-state index in [4.69, 9.17) is 11.6 Å². The fourth-order valence-corrected chi connectivity index (χ4v) is 3.75. The van der Waals surface area contributed by atoms with Gasteiger partial charge in [-0.15, -0.1) is 0 Å². The van der Waals surface area contributed by atoms with E-state index < -0.39 is 0 Å². The summed E-state index contributed by atoms with van der Waals surface area (Å²) in [6.45, 7) is 3.05. The predicted octanol–water partition coefficient (Wildman–Crippen LogP) is 4.20. The van der Waals surface area contributed by atoms with Gasteiger partial charge < -0.3 is 4.90 Å². The maximum Gasteiger partial charge on any atom is 0.159 e. The highest BCUT2D eigenvalue weighted by molar-refractivity contribution is 9.09. The fourth-order valence-electron chi connectivity index (χ4n) is 1.87. The first kappa shape index (κ1) is 14.2. The zero-order valence-corrected chi connectivity index (χ0v) is 13.6. The van der Waals surface area contributed by atoms with Crippen LogP contribution in [-0.4, -0.2) is 34.2 Å². The van der Waals surface area contributed by atoms with Crippen LogP contribution in [0.2, 0.25) is 5.02 Å². The first-order chi connectivity index (χ1) is 8.63. The molecular weight excluding hydrogens is 332 g/mol. The Morgan fingerprint density at radius 1 is 1.56 bits per heavy atom. The largest absolute Gasteiger partial charge is 0.348 e. The minimum absolute atomic E-state index is 0.235. The normalized spacial score (nSPS) is 20.7. The third-order valence-electron chi connectivity index (χ3n) is 3.11. The molecule has 1 aromatic rings. The molecule has 1 aliphatic heterocycles. The van der Waals surface area contributed by atoms with Gasteiger partial charge in [0.15, 0.2) is 5.17 Å². The minimum atomic E-state index is 0.235. The highest BCUT2D eigenvalue weighted by Gasteiger charge is 2.25. The summed E-state index contributed by atoms with van der Waals surface area (Å²) in [5.41, 5.74) is 1.15. The molecule has 0 amide bonds. The van der Waals surface area contributed by atoms with Crippen LogP contribution < -0.4 is 0 Å². The number of hydrogen-bond donors (Lipinski definition) is 0. The van der Waals surface area contributed by atoms with Gasteiger partial charge in [0.2, 0.25) is 0 Å². The number of alkyl halides is 1. The van der Waals surface area contributed by atoms with Crippen LogP contribution in [0.25, 0.3) is 0 Å². The molecule has 1 aromatic carbocycles. The summed E-state index contributed by atoms with van der Waals surface area (Å²) in [7, 11) is 2.08. The van der Waals surface area contributed by atoms with Crippen molar-refractivity contribution in [2.45, 2.75) is 18.2 Å². The second-order valence-corrected chi connectivity index (χ2v) is 6.65. The van der Waals surface area contributed by atoms with Gasteiger partial charge in [0, 0.05) is 22.7 Å². The van der Waals surface area contributed by atoms with Crippen molar-refractivity contribution in [3.8, 4) is 0 Å². The van der Waals surface area contributed by atoms with Crippen LogP contribution in [0.3, 0.4) is 0 Å². The maximum atomic E-state index is 6.24. The van der Waals surface area contributed by atoms with Gasteiger partial charge in [-0.05, 0) is 18.6 Å². The molecule has 0 N–H and O–H groups in total. The zero-order chi connectivity index (χ0) is 13.1. The standard InChI is InChI=1S/C13H16BrClN2S/c1-9(11-5-3-4-6-12(11)15)17(2)13-16-8-10(7-14)18-13/h3-6,9-10H,7-8H2,1-2H3. The lowest BCUT2D eigenvalue weighted by Gasteiger charge is -2.27. The van der Waals surface area contributed by atoms with Gasteiger partial charge >= 0.3 is 0 Å². The number of thioether (sulfide) groups is 1. The zero-order valence-electron chi connectivity index (χ0n) is 10.4. The summed E-state index contributed by atoms with van der Waals surface area (Å²) >= 11 is 11.6. The molecule has 1 aliphatic rings. The van der Waals surface area contributed by atoms with Crippen molar-refractivity contribution in [2.24, 2.45) is 4.99 Å². The molecule has 1 heterocycles. The second kappa shape index (κ2) is 6.31. The minimum Gasteiger partial charge on any atom is -0.348 e. The number of benzene rings is 1. The van der Waals surface area contributed by atoms with E-state index in [2.05, 4.69) is 45.9 Å². The number of aliphatic imine (C=N–C) groups is 1. The average molecular weight is 348 g/mol. The lowest BCUT2D eigenvalue weighted by Crippen LogP contribution is -2.27. The number of rotatable bonds is 3. The van der Waals surface area contributed by atoms with Crippen LogP contribution in [0, 0.1) is 0 Å². The maximum absolute atomic E-state index is 6.24. The van der Waals surface area contributed by atoms with Gasteiger partial charge in [0.25, 0.3) is 0 Å². The Morgan fingerprint density at radius 2 is 2.28 bits per heavy atom. The summed E-state index contributed by atoms with van der Waals surface area (Å²) in [5, 5.41) is 3.46. The Balaban J connectivity index is 2.10. The molecule has 2 atom stereocenters. The van der Waals surface area contributed by atoms with Gasteiger partial charge in [0.1, 0.15) is 0 Å². The molecule has 2 rings (SSSR count). The Morgan fingerprint density at radius 3 is 2.89 bits per heavy atom. The number of halogens is 2. The average Bonchev–Trinajstić information content (AvgIpc) is 2.86. The van der Waals surface area contributed by atoms with Crippen LogP contribution in [0.15, 0.2) is 29.3 Å². The van der Waals surface area contributed by atoms with E-state index in [0.717, 1.165) is 27.6 Å². The van der Waals surface area contributed by atoms with Crippen molar-refractivity contribution >= 4 is 44.5 Å². The summed E-state index contributed by atoms with van der Waals surface area (Å²) in [4.78, 5) is 6.80. The molecule has 0 radical (unpaired) electrons. The summed E-state index contributed by atoms with van der Waals surface area (Å²) in [6.07, 6.45) is 0. The Hall–Kier alpha value is -0.190. The highest BCUT2D eigenvalue weighted by atomic mass is 79.9. The van der Waals surface area contributed by atoms with Crippen molar-refractivity contribution in [3.05, 3.63) is 34.9 Å². The van der Waals surface area contributed by atoms with Gasteiger partial charge in [-0.2, -0.15) is 0 Å². The third-order valence-corrected chi connectivity index (χ3v) is 5.94. The monoisotopic (exact) mass is 346 g/mol. The third kappa shape index (κ3) is 3.03. The molecule has 0 aromatic heterocycles. The van der Waals surface area contributed by atoms with Gasteiger partial charge in [-0.1, -0.05) is 57.5 Å². The van der Waals surface area contributed by atoms with E-state index in [1.807, 2.05) is 30.0 Å². The summed E-state index contributed by atoms with van der Waals surface area (Å²) < 4.78 is 0. The van der Waals surface area contributed by atoms with Crippen molar-refractivity contribution in [1.82, 2.24) is 4.90 Å². The molecule has 18 heavy (non-hydrogen) atoms. The topological polar surface area (TPSA) is 15.6 Å². The van der Waals surface area contributed by atoms with Gasteiger partial charge in [0.05, 0.1) is 12.6 Å². The van der Waals surface area contributed by atoms with Crippen molar-refractivity contribution in [1.29, 1.82) is 0 Å². The smallest absolute Gasteiger partial charge is 0.159 e. The molecule has 5 heteroatoms. The molecular formula is C13H16BrClN2S. The Bertz CT molecular complexity index is 452. The van der Waals surface area contributed by atoms with E-state index in [1.54, 1.807) is 0 Å². The molecule has 0 aliphatic carbocycles. The molecule has 2 unspecified atom stereocenters. The second-order valence-electron chi connectivity index (χ2n) is 4.33. The van der Waals surface area contributed by atoms with Crippen molar-refractivity contribution in [2.75, 3.05) is 18.9 Å². The van der Waals surface area contributed by atoms with Crippen LogP contribution in [0.1, 0.15) is 18.5 Å². The van der Waals surface area contributed by atoms with Crippen molar-refractivity contribution < 1.29 is 0 Å². The van der Waals surface area contributed by atoms with Gasteiger partial charge in [-0.3, -0.25) is 4.99 Å². The first-order valence-electron chi connectivity index (χ1n) is 5.87. The van der Waals surface area contributed by atoms with E-state index in [0.29, 0.717) is 5.25 Å². The summed E-state index contributed by atoms with van der Waals surface area (Å²) in [6, 6.07) is 8.23. The highest BCUT2D eigenvalue weighted by Crippen LogP contribution is 2.31. The van der Waals surface area contributed by atoms with Crippen LogP contribution in [0.4, 0.5) is 0 Å². The van der Waals surface area contributed by atoms with E-state index >= 15 is 0 Å².